The molecule has 25 heavy (non-hydrogen) atoms. The molecule has 0 saturated heterocycles. The van der Waals surface area contributed by atoms with Crippen LogP contribution in [-0.2, 0) is 0 Å². The monoisotopic (exact) mass is 373 g/mol. The predicted molar refractivity (Wildman–Crippen MR) is 102 cm³/mol. The largest absolute Gasteiger partial charge is 0.497 e. The molecule has 0 bridgehead atoms. The van der Waals surface area contributed by atoms with Gasteiger partial charge in [0.2, 0.25) is 5.78 Å². The van der Waals surface area contributed by atoms with Crippen molar-refractivity contribution in [1.29, 1.82) is 0 Å². The lowest BCUT2D eigenvalue weighted by Crippen LogP contribution is -2.02. The average molecular weight is 374 g/mol. The lowest BCUT2D eigenvalue weighted by Gasteiger charge is -2.06. The van der Waals surface area contributed by atoms with Crippen LogP contribution < -0.4 is 15.8 Å². The van der Waals surface area contributed by atoms with E-state index in [0.29, 0.717) is 26.3 Å². The molecule has 1 heterocycles. The molecule has 0 spiro atoms. The first-order valence-electron chi connectivity index (χ1n) is 7.46. The molecule has 3 rings (SSSR count). The molecule has 0 unspecified atom stereocenters. The highest BCUT2D eigenvalue weighted by Gasteiger charge is 2.19. The zero-order valence-corrected chi connectivity index (χ0v) is 15.2. The fraction of sp³-hybridized carbons (Fsp3) is 0.111. The van der Waals surface area contributed by atoms with Crippen molar-refractivity contribution >= 4 is 45.4 Å². The fourth-order valence-corrected chi connectivity index (χ4v) is 3.41. The first kappa shape index (κ1) is 17.3. The Labute approximate surface area is 154 Å². The van der Waals surface area contributed by atoms with Gasteiger partial charge in [-0.05, 0) is 42.8 Å². The zero-order chi connectivity index (χ0) is 18.0. The van der Waals surface area contributed by atoms with Crippen molar-refractivity contribution < 1.29 is 9.53 Å². The summed E-state index contributed by atoms with van der Waals surface area (Å²) in [5.74, 6) is 0.630. The third-order valence-corrected chi connectivity index (χ3v) is 4.84. The molecule has 0 aliphatic carbocycles. The molecule has 0 aliphatic rings. The maximum atomic E-state index is 12.7. The Morgan fingerprint density at radius 2 is 2.08 bits per heavy atom. The van der Waals surface area contributed by atoms with E-state index in [1.807, 2.05) is 19.1 Å². The van der Waals surface area contributed by atoms with Crippen molar-refractivity contribution in [3.05, 3.63) is 63.5 Å². The van der Waals surface area contributed by atoms with Crippen LogP contribution in [0.2, 0.25) is 5.02 Å². The van der Waals surface area contributed by atoms with Gasteiger partial charge in [-0.1, -0.05) is 35.1 Å². The summed E-state index contributed by atoms with van der Waals surface area (Å²) < 4.78 is 5.16. The van der Waals surface area contributed by atoms with Gasteiger partial charge in [0.15, 0.2) is 5.13 Å². The van der Waals surface area contributed by atoms with Crippen molar-refractivity contribution in [2.24, 2.45) is 0 Å². The van der Waals surface area contributed by atoms with E-state index in [1.165, 1.54) is 11.3 Å². The second kappa shape index (κ2) is 7.13. The number of carbonyl (C=O) groups is 1. The standard InChI is InChI=1S/C18H16ClN3O2S/c1-10-8-12(19)6-7-14(10)21-18-22-17(20)16(25-18)15(23)11-4-3-5-13(9-11)24-2/h3-9H,20H2,1-2H3,(H,21,22). The Balaban J connectivity index is 1.88. The third kappa shape index (κ3) is 3.75. The van der Waals surface area contributed by atoms with E-state index in [-0.39, 0.29) is 11.6 Å². The van der Waals surface area contributed by atoms with E-state index in [4.69, 9.17) is 22.1 Å². The predicted octanol–water partition coefficient (Wildman–Crippen LogP) is 4.67. The maximum Gasteiger partial charge on any atom is 0.206 e. The summed E-state index contributed by atoms with van der Waals surface area (Å²) in [6, 6.07) is 12.4. The normalized spacial score (nSPS) is 10.5. The Morgan fingerprint density at radius 3 is 2.80 bits per heavy atom. The van der Waals surface area contributed by atoms with Gasteiger partial charge in [0.25, 0.3) is 0 Å². The van der Waals surface area contributed by atoms with Gasteiger partial charge in [-0.25, -0.2) is 4.98 Å². The van der Waals surface area contributed by atoms with Crippen LogP contribution in [0.4, 0.5) is 16.6 Å². The minimum atomic E-state index is -0.185. The first-order chi connectivity index (χ1) is 12.0. The summed E-state index contributed by atoms with van der Waals surface area (Å²) in [5.41, 5.74) is 8.29. The van der Waals surface area contributed by atoms with Gasteiger partial charge >= 0.3 is 0 Å². The van der Waals surface area contributed by atoms with Gasteiger partial charge in [-0.2, -0.15) is 0 Å². The van der Waals surface area contributed by atoms with Crippen LogP contribution in [0.15, 0.2) is 42.5 Å². The minimum Gasteiger partial charge on any atom is -0.497 e. The summed E-state index contributed by atoms with van der Waals surface area (Å²) in [5, 5.41) is 4.39. The molecule has 3 N–H and O–H groups in total. The number of ether oxygens (including phenoxy) is 1. The van der Waals surface area contributed by atoms with Crippen LogP contribution in [0.1, 0.15) is 20.8 Å². The molecular weight excluding hydrogens is 358 g/mol. The Bertz CT molecular complexity index is 940. The van der Waals surface area contributed by atoms with Crippen LogP contribution in [0, 0.1) is 6.92 Å². The number of ketones is 1. The van der Waals surface area contributed by atoms with E-state index in [9.17, 15) is 4.79 Å². The number of nitrogens with two attached hydrogens (primary N) is 1. The van der Waals surface area contributed by atoms with E-state index in [2.05, 4.69) is 10.3 Å². The fourth-order valence-electron chi connectivity index (χ4n) is 2.33. The highest BCUT2D eigenvalue weighted by molar-refractivity contribution is 7.18. The topological polar surface area (TPSA) is 77.2 Å². The molecule has 5 nitrogen and oxygen atoms in total. The molecule has 0 saturated carbocycles. The number of carbonyl (C=O) groups excluding carboxylic acids is 1. The number of thiazole rings is 1. The summed E-state index contributed by atoms with van der Waals surface area (Å²) in [6.45, 7) is 1.94. The molecular formula is C18H16ClN3O2S. The summed E-state index contributed by atoms with van der Waals surface area (Å²) in [6.07, 6.45) is 0. The van der Waals surface area contributed by atoms with E-state index < -0.39 is 0 Å². The summed E-state index contributed by atoms with van der Waals surface area (Å²) in [7, 11) is 1.56. The van der Waals surface area contributed by atoms with E-state index in [0.717, 1.165) is 11.3 Å². The Hall–Kier alpha value is -2.57. The number of halogens is 1. The van der Waals surface area contributed by atoms with Gasteiger partial charge in [-0.15, -0.1) is 0 Å². The Kier molecular flexibility index (Phi) is 4.92. The Morgan fingerprint density at radius 1 is 1.28 bits per heavy atom. The molecule has 2 aromatic carbocycles. The van der Waals surface area contributed by atoms with Gasteiger partial charge in [0, 0.05) is 16.3 Å². The van der Waals surface area contributed by atoms with Crippen LogP contribution in [0.3, 0.4) is 0 Å². The third-order valence-electron chi connectivity index (χ3n) is 3.62. The van der Waals surface area contributed by atoms with Gasteiger partial charge in [-0.3, -0.25) is 4.79 Å². The molecule has 0 aliphatic heterocycles. The molecule has 0 amide bonds. The molecule has 0 fully saturated rings. The highest BCUT2D eigenvalue weighted by Crippen LogP contribution is 2.31. The maximum absolute atomic E-state index is 12.7. The molecule has 0 atom stereocenters. The second-order valence-electron chi connectivity index (χ2n) is 5.38. The molecule has 128 valence electrons. The molecule has 1 aromatic heterocycles. The average Bonchev–Trinajstić information content (AvgIpc) is 2.97. The first-order valence-corrected chi connectivity index (χ1v) is 8.65. The molecule has 3 aromatic rings. The lowest BCUT2D eigenvalue weighted by atomic mass is 10.1. The zero-order valence-electron chi connectivity index (χ0n) is 13.7. The van der Waals surface area contributed by atoms with Gasteiger partial charge in [0.05, 0.1) is 7.11 Å². The van der Waals surface area contributed by atoms with Gasteiger partial charge in [0.1, 0.15) is 16.4 Å². The summed E-state index contributed by atoms with van der Waals surface area (Å²) >= 11 is 7.18. The van der Waals surface area contributed by atoms with Crippen molar-refractivity contribution in [3.63, 3.8) is 0 Å². The SMILES string of the molecule is COc1cccc(C(=O)c2sc(Nc3ccc(Cl)cc3C)nc2N)c1. The lowest BCUT2D eigenvalue weighted by molar-refractivity contribution is 0.104. The second-order valence-corrected chi connectivity index (χ2v) is 6.81. The van der Waals surface area contributed by atoms with Gasteiger partial charge < -0.3 is 15.8 Å². The number of benzene rings is 2. The number of nitrogens with zero attached hydrogens (tertiary/aromatic N) is 1. The quantitative estimate of drug-likeness (QED) is 0.635. The smallest absolute Gasteiger partial charge is 0.206 e. The molecule has 0 radical (unpaired) electrons. The van der Waals surface area contributed by atoms with Crippen molar-refractivity contribution in [2.45, 2.75) is 6.92 Å². The number of hydrogen-bond donors (Lipinski definition) is 2. The number of methoxy groups -OCH3 is 1. The van der Waals surface area contributed by atoms with Crippen LogP contribution in [0.5, 0.6) is 5.75 Å². The van der Waals surface area contributed by atoms with Crippen molar-refractivity contribution in [1.82, 2.24) is 4.98 Å². The van der Waals surface area contributed by atoms with E-state index in [1.54, 1.807) is 37.4 Å². The number of aryl methyl sites for hydroxylation is 1. The number of rotatable bonds is 5. The van der Waals surface area contributed by atoms with Crippen molar-refractivity contribution in [2.75, 3.05) is 18.2 Å². The van der Waals surface area contributed by atoms with Crippen LogP contribution in [0.25, 0.3) is 0 Å². The number of hydrogen-bond acceptors (Lipinski definition) is 6. The number of aromatic nitrogens is 1. The summed E-state index contributed by atoms with van der Waals surface area (Å²) in [4.78, 5) is 17.4. The van der Waals surface area contributed by atoms with Crippen LogP contribution >= 0.6 is 22.9 Å². The molecule has 7 heteroatoms. The van der Waals surface area contributed by atoms with Crippen LogP contribution in [-0.4, -0.2) is 17.9 Å². The number of anilines is 3. The highest BCUT2D eigenvalue weighted by atomic mass is 35.5. The van der Waals surface area contributed by atoms with Crippen molar-refractivity contribution in [3.8, 4) is 5.75 Å². The number of nitrogen functional groups attached to an aromatic ring is 1. The van der Waals surface area contributed by atoms with E-state index >= 15 is 0 Å². The number of nitrogens with one attached hydrogen (secondary N) is 1. The minimum absolute atomic E-state index is 0.185.